The van der Waals surface area contributed by atoms with E-state index in [1.54, 1.807) is 30.3 Å². The monoisotopic (exact) mass is 271 g/mol. The molecule has 0 aliphatic rings. The Morgan fingerprint density at radius 1 is 1.16 bits per heavy atom. The Morgan fingerprint density at radius 2 is 1.89 bits per heavy atom. The number of fused-ring (bicyclic) bond motifs is 1. The topological polar surface area (TPSA) is 41.6 Å². The Kier molecular flexibility index (Phi) is 2.69. The third-order valence-corrected chi connectivity index (χ3v) is 3.14. The highest BCUT2D eigenvalue weighted by molar-refractivity contribution is 6.35. The Hall–Kier alpha value is -2.38. The van der Waals surface area contributed by atoms with Crippen LogP contribution in [0.5, 0.6) is 0 Å². The van der Waals surface area contributed by atoms with Crippen LogP contribution in [0.25, 0.3) is 16.6 Å². The molecule has 92 valence electrons. The average molecular weight is 272 g/mol. The lowest BCUT2D eigenvalue weighted by atomic mass is 10.2. The lowest BCUT2D eigenvalue weighted by Crippen LogP contribution is -1.99. The first kappa shape index (κ1) is 11.7. The summed E-state index contributed by atoms with van der Waals surface area (Å²) in [5.74, 6) is -0.336. The van der Waals surface area contributed by atoms with Crippen LogP contribution in [0.15, 0.2) is 42.5 Å². The molecule has 5 heteroatoms. The molecule has 0 unspecified atom stereocenters. The molecule has 2 aromatic carbocycles. The van der Waals surface area contributed by atoms with Gasteiger partial charge in [0, 0.05) is 5.39 Å². The van der Waals surface area contributed by atoms with Gasteiger partial charge < -0.3 is 0 Å². The van der Waals surface area contributed by atoms with Crippen LogP contribution in [-0.2, 0) is 0 Å². The van der Waals surface area contributed by atoms with Gasteiger partial charge in [0.05, 0.1) is 10.7 Å². The van der Waals surface area contributed by atoms with E-state index in [2.05, 4.69) is 11.2 Å². The highest BCUT2D eigenvalue weighted by atomic mass is 35.5. The minimum absolute atomic E-state index is 0.336. The van der Waals surface area contributed by atoms with Crippen molar-refractivity contribution in [3.8, 4) is 11.8 Å². The van der Waals surface area contributed by atoms with Gasteiger partial charge in [-0.25, -0.2) is 9.07 Å². The van der Waals surface area contributed by atoms with Gasteiger partial charge in [-0.1, -0.05) is 17.7 Å². The largest absolute Gasteiger partial charge is 0.222 e. The molecule has 3 rings (SSSR count). The second-order valence-electron chi connectivity index (χ2n) is 3.98. The van der Waals surface area contributed by atoms with Crippen LogP contribution >= 0.6 is 11.6 Å². The zero-order valence-electron chi connectivity index (χ0n) is 9.64. The molecule has 0 atom stereocenters. The highest BCUT2D eigenvalue weighted by Gasteiger charge is 2.14. The summed E-state index contributed by atoms with van der Waals surface area (Å²) < 4.78 is 14.4. The molecular formula is C14H7ClFN3. The van der Waals surface area contributed by atoms with Crippen LogP contribution in [0.4, 0.5) is 4.39 Å². The summed E-state index contributed by atoms with van der Waals surface area (Å²) in [5, 5.41) is 14.8. The van der Waals surface area contributed by atoms with Gasteiger partial charge in [0.2, 0.25) is 0 Å². The maximum atomic E-state index is 12.9. The molecular weight excluding hydrogens is 265 g/mol. The van der Waals surface area contributed by atoms with Crippen molar-refractivity contribution < 1.29 is 4.39 Å². The highest BCUT2D eigenvalue weighted by Crippen LogP contribution is 2.26. The number of hydrogen-bond acceptors (Lipinski definition) is 2. The molecule has 0 saturated carbocycles. The second kappa shape index (κ2) is 4.38. The molecule has 19 heavy (non-hydrogen) atoms. The number of benzene rings is 2. The lowest BCUT2D eigenvalue weighted by Gasteiger charge is -2.01. The fourth-order valence-electron chi connectivity index (χ4n) is 1.95. The van der Waals surface area contributed by atoms with Crippen LogP contribution in [0.1, 0.15) is 5.69 Å². The summed E-state index contributed by atoms with van der Waals surface area (Å²) >= 11 is 6.07. The lowest BCUT2D eigenvalue weighted by molar-refractivity contribution is 0.627. The average Bonchev–Trinajstić information content (AvgIpc) is 2.79. The molecule has 0 N–H and O–H groups in total. The molecule has 0 radical (unpaired) electrons. The van der Waals surface area contributed by atoms with Crippen LogP contribution < -0.4 is 0 Å². The zero-order chi connectivity index (χ0) is 13.4. The molecule has 0 aliphatic heterocycles. The van der Waals surface area contributed by atoms with Gasteiger partial charge in [-0.05, 0) is 36.4 Å². The number of aromatic nitrogens is 2. The van der Waals surface area contributed by atoms with Crippen LogP contribution in [0.3, 0.4) is 0 Å². The second-order valence-corrected chi connectivity index (χ2v) is 4.39. The summed E-state index contributed by atoms with van der Waals surface area (Å²) in [6, 6.07) is 13.2. The van der Waals surface area contributed by atoms with E-state index in [0.717, 1.165) is 0 Å². The van der Waals surface area contributed by atoms with Gasteiger partial charge in [0.15, 0.2) is 5.69 Å². The fourth-order valence-corrected chi connectivity index (χ4v) is 2.16. The van der Waals surface area contributed by atoms with Gasteiger partial charge >= 0.3 is 0 Å². The zero-order valence-corrected chi connectivity index (χ0v) is 10.4. The molecule has 0 fully saturated rings. The first-order valence-corrected chi connectivity index (χ1v) is 5.92. The molecule has 0 saturated heterocycles. The molecule has 1 aromatic heterocycles. The Balaban J connectivity index is 2.33. The summed E-state index contributed by atoms with van der Waals surface area (Å²) in [5.41, 5.74) is 1.55. The van der Waals surface area contributed by atoms with Crippen LogP contribution in [0, 0.1) is 17.1 Å². The van der Waals surface area contributed by atoms with Gasteiger partial charge in [0.25, 0.3) is 0 Å². The summed E-state index contributed by atoms with van der Waals surface area (Å²) in [6.07, 6.45) is 0. The Morgan fingerprint density at radius 3 is 2.58 bits per heavy atom. The maximum Gasteiger partial charge on any atom is 0.152 e. The van der Waals surface area contributed by atoms with Crippen molar-refractivity contribution in [3.63, 3.8) is 0 Å². The van der Waals surface area contributed by atoms with Gasteiger partial charge in [0.1, 0.15) is 17.4 Å². The third kappa shape index (κ3) is 1.85. The molecule has 0 bridgehead atoms. The van der Waals surface area contributed by atoms with Gasteiger partial charge in [-0.3, -0.25) is 0 Å². The number of halogens is 2. The summed E-state index contributed by atoms with van der Waals surface area (Å²) in [7, 11) is 0. The van der Waals surface area contributed by atoms with E-state index in [0.29, 0.717) is 27.3 Å². The number of rotatable bonds is 1. The number of hydrogen-bond donors (Lipinski definition) is 0. The predicted molar refractivity (Wildman–Crippen MR) is 70.8 cm³/mol. The van der Waals surface area contributed by atoms with Crippen molar-refractivity contribution in [3.05, 3.63) is 59.0 Å². The van der Waals surface area contributed by atoms with E-state index in [1.165, 1.54) is 16.8 Å². The maximum absolute atomic E-state index is 12.9. The standard InChI is InChI=1S/C14H7ClFN3/c15-12-3-1-2-11-13(8-17)19(18-14(11)12)10-6-4-9(16)5-7-10/h1-7H. The molecule has 1 heterocycles. The van der Waals surface area contributed by atoms with Crippen molar-refractivity contribution in [2.24, 2.45) is 0 Å². The van der Waals surface area contributed by atoms with E-state index in [4.69, 9.17) is 11.6 Å². The van der Waals surface area contributed by atoms with Crippen molar-refractivity contribution in [1.82, 2.24) is 9.78 Å². The fraction of sp³-hybridized carbons (Fsp3) is 0. The van der Waals surface area contributed by atoms with Crippen LogP contribution in [-0.4, -0.2) is 9.78 Å². The molecule has 3 aromatic rings. The molecule has 0 spiro atoms. The SMILES string of the molecule is N#Cc1c2cccc(Cl)c2nn1-c1ccc(F)cc1. The number of nitriles is 1. The van der Waals surface area contributed by atoms with Crippen molar-refractivity contribution in [2.75, 3.05) is 0 Å². The van der Waals surface area contributed by atoms with Gasteiger partial charge in [-0.15, -0.1) is 0 Å². The van der Waals surface area contributed by atoms with Crippen molar-refractivity contribution >= 4 is 22.5 Å². The number of nitrogens with zero attached hydrogens (tertiary/aromatic N) is 3. The van der Waals surface area contributed by atoms with Crippen molar-refractivity contribution in [2.45, 2.75) is 0 Å². The normalized spacial score (nSPS) is 10.6. The minimum atomic E-state index is -0.336. The summed E-state index contributed by atoms with van der Waals surface area (Å²) in [4.78, 5) is 0. The molecule has 0 amide bonds. The molecule has 0 aliphatic carbocycles. The smallest absolute Gasteiger partial charge is 0.152 e. The first-order valence-electron chi connectivity index (χ1n) is 5.54. The Labute approximate surface area is 113 Å². The van der Waals surface area contributed by atoms with Gasteiger partial charge in [-0.2, -0.15) is 10.4 Å². The van der Waals surface area contributed by atoms with E-state index in [1.807, 2.05) is 0 Å². The minimum Gasteiger partial charge on any atom is -0.222 e. The van der Waals surface area contributed by atoms with Crippen LogP contribution in [0.2, 0.25) is 5.02 Å². The molecule has 3 nitrogen and oxygen atoms in total. The third-order valence-electron chi connectivity index (χ3n) is 2.83. The Bertz CT molecular complexity index is 800. The van der Waals surface area contributed by atoms with Crippen molar-refractivity contribution in [1.29, 1.82) is 5.26 Å². The first-order chi connectivity index (χ1) is 9.20. The predicted octanol–water partition coefficient (Wildman–Crippen LogP) is 3.69. The van der Waals surface area contributed by atoms with E-state index >= 15 is 0 Å². The van der Waals surface area contributed by atoms with E-state index in [9.17, 15) is 9.65 Å². The van der Waals surface area contributed by atoms with E-state index < -0.39 is 0 Å². The quantitative estimate of drug-likeness (QED) is 0.677. The summed E-state index contributed by atoms with van der Waals surface area (Å²) in [6.45, 7) is 0. The van der Waals surface area contributed by atoms with E-state index in [-0.39, 0.29) is 5.82 Å².